The zero-order valence-corrected chi connectivity index (χ0v) is 17.7. The molecule has 2 aromatic rings. The van der Waals surface area contributed by atoms with E-state index in [1.54, 1.807) is 0 Å². The Balaban J connectivity index is 1.69. The van der Waals surface area contributed by atoms with Gasteiger partial charge in [0.2, 0.25) is 5.03 Å². The minimum Gasteiger partial charge on any atom is -0.305 e. The molecule has 0 aliphatic heterocycles. The van der Waals surface area contributed by atoms with Gasteiger partial charge in [0, 0.05) is 17.4 Å². The van der Waals surface area contributed by atoms with Gasteiger partial charge < -0.3 is 5.32 Å². The average molecular weight is 422 g/mol. The second-order valence-corrected chi connectivity index (χ2v) is 9.94. The van der Waals surface area contributed by atoms with Gasteiger partial charge >= 0.3 is 6.03 Å². The number of rotatable bonds is 3. The van der Waals surface area contributed by atoms with Gasteiger partial charge in [0.1, 0.15) is 0 Å². The molecule has 8 nitrogen and oxygen atoms in total. The minimum atomic E-state index is -3.57. The third-order valence-corrected chi connectivity index (χ3v) is 6.94. The van der Waals surface area contributed by atoms with E-state index in [-0.39, 0.29) is 6.04 Å². The highest BCUT2D eigenvalue weighted by Crippen LogP contribution is 2.41. The second-order valence-electron chi connectivity index (χ2n) is 8.09. The van der Waals surface area contributed by atoms with Crippen molar-refractivity contribution in [3.8, 4) is 0 Å². The molecule has 2 atom stereocenters. The van der Waals surface area contributed by atoms with Crippen molar-refractivity contribution in [1.82, 2.24) is 14.8 Å². The number of anilines is 1. The highest BCUT2D eigenvalue weighted by atomic mass is 32.2. The fourth-order valence-electron chi connectivity index (χ4n) is 4.09. The van der Waals surface area contributed by atoms with Gasteiger partial charge in [-0.25, -0.2) is 9.18 Å². The molecule has 0 saturated carbocycles. The first-order valence-electron chi connectivity index (χ1n) is 9.87. The third-order valence-electron chi connectivity index (χ3n) is 5.60. The Morgan fingerprint density at radius 3 is 2.83 bits per heavy atom. The van der Waals surface area contributed by atoms with Crippen LogP contribution in [0.15, 0.2) is 15.6 Å². The van der Waals surface area contributed by atoms with Crippen molar-refractivity contribution in [2.45, 2.75) is 69.9 Å². The van der Waals surface area contributed by atoms with E-state index in [0.29, 0.717) is 5.92 Å². The maximum absolute atomic E-state index is 14.2. The number of carbonyl (C=O) groups excluding carboxylic acids is 1. The number of amides is 2. The number of aromatic nitrogens is 3. The van der Waals surface area contributed by atoms with Gasteiger partial charge in [-0.3, -0.25) is 14.8 Å². The summed E-state index contributed by atoms with van der Waals surface area (Å²) in [6, 6.07) is -0.920. The first kappa shape index (κ1) is 20.0. The molecule has 2 aliphatic rings. The highest BCUT2D eigenvalue weighted by molar-refractivity contribution is 7.87. The van der Waals surface area contributed by atoms with Gasteiger partial charge in [0.05, 0.1) is 11.9 Å². The third kappa shape index (κ3) is 3.55. The Bertz CT molecular complexity index is 1120. The predicted molar refractivity (Wildman–Crippen MR) is 106 cm³/mol. The van der Waals surface area contributed by atoms with Crippen LogP contribution in [0.25, 0.3) is 0 Å². The summed E-state index contributed by atoms with van der Waals surface area (Å²) >= 11 is 0. The molecule has 2 heterocycles. The predicted octanol–water partition coefficient (Wildman–Crippen LogP) is 2.75. The molecule has 2 aromatic heterocycles. The number of carbonyl (C=O) groups is 1. The normalized spacial score (nSPS) is 19.7. The van der Waals surface area contributed by atoms with Gasteiger partial charge in [-0.05, 0) is 63.0 Å². The molecule has 2 aliphatic carbocycles. The maximum atomic E-state index is 14.2. The Labute approximate surface area is 169 Å². The first-order valence-corrected chi connectivity index (χ1v) is 11.6. The number of halogens is 1. The summed E-state index contributed by atoms with van der Waals surface area (Å²) in [5.74, 6) is -0.440. The summed E-state index contributed by atoms with van der Waals surface area (Å²) in [5, 5.41) is 9.88. The number of hydrogen-bond donors (Lipinski definition) is 2. The lowest BCUT2D eigenvalue weighted by molar-refractivity contribution is -0.158. The Kier molecular flexibility index (Phi) is 4.94. The fraction of sp³-hybridized carbons (Fsp3) is 0.526. The monoisotopic (exact) mass is 421 g/mol. The molecule has 10 heteroatoms. The SMILES string of the molecule is CC(C)n1cc(F)c(S([NH3+])(=O)=NC(=O)Nc2c3c(nc4c2CC[C@H]4C)CCC3)n1. The highest BCUT2D eigenvalue weighted by Gasteiger charge is 2.30. The minimum absolute atomic E-state index is 0.119. The van der Waals surface area contributed by atoms with E-state index in [1.165, 1.54) is 4.68 Å². The van der Waals surface area contributed by atoms with Crippen LogP contribution in [0.5, 0.6) is 0 Å². The van der Waals surface area contributed by atoms with Crippen molar-refractivity contribution in [3.63, 3.8) is 0 Å². The van der Waals surface area contributed by atoms with Crippen LogP contribution < -0.4 is 10.5 Å². The van der Waals surface area contributed by atoms with E-state index in [1.807, 2.05) is 13.8 Å². The van der Waals surface area contributed by atoms with Gasteiger partial charge in [-0.2, -0.15) is 9.31 Å². The Hall–Kier alpha value is -2.33. The molecule has 1 unspecified atom stereocenters. The van der Waals surface area contributed by atoms with Crippen LogP contribution in [0.1, 0.15) is 68.1 Å². The van der Waals surface area contributed by atoms with E-state index >= 15 is 0 Å². The molecule has 4 rings (SSSR count). The summed E-state index contributed by atoms with van der Waals surface area (Å²) in [7, 11) is -3.57. The van der Waals surface area contributed by atoms with Crippen LogP contribution in [-0.4, -0.2) is 25.0 Å². The zero-order chi connectivity index (χ0) is 20.9. The average Bonchev–Trinajstić information content (AvgIpc) is 3.33. The molecule has 4 N–H and O–H groups in total. The van der Waals surface area contributed by atoms with Gasteiger partial charge in [-0.1, -0.05) is 11.3 Å². The number of nitrogens with zero attached hydrogens (tertiary/aromatic N) is 4. The van der Waals surface area contributed by atoms with Crippen molar-refractivity contribution >= 4 is 21.6 Å². The fourth-order valence-corrected chi connectivity index (χ4v) is 5.07. The first-order chi connectivity index (χ1) is 13.7. The van der Waals surface area contributed by atoms with E-state index in [9.17, 15) is 13.4 Å². The topological polar surface area (TPSA) is 117 Å². The molecule has 0 fully saturated rings. The van der Waals surface area contributed by atoms with Crippen molar-refractivity contribution in [1.29, 1.82) is 0 Å². The Morgan fingerprint density at radius 1 is 1.38 bits per heavy atom. The summed E-state index contributed by atoms with van der Waals surface area (Å²) in [6.45, 7) is 5.76. The van der Waals surface area contributed by atoms with Crippen LogP contribution in [-0.2, 0) is 29.2 Å². The van der Waals surface area contributed by atoms with Crippen LogP contribution >= 0.6 is 0 Å². The number of nitrogens with one attached hydrogen (secondary N) is 1. The quantitative estimate of drug-likeness (QED) is 0.792. The lowest BCUT2D eigenvalue weighted by Crippen LogP contribution is -2.57. The van der Waals surface area contributed by atoms with E-state index in [0.717, 1.165) is 66.5 Å². The standard InChI is InChI=1S/C19H25FN6O2S/c1-10(2)26-9-14(20)18(24-26)29(21,28)25-19(27)23-17-12-5-4-6-15(12)22-16-11(3)7-8-13(16)17/h9-11H,4-8H2,1-3H3,(H3,21,22,23,25,27,28)/p+1/t11-,29?/m1/s1. The number of urea groups is 1. The smallest absolute Gasteiger partial charge is 0.305 e. The molecule has 2 amide bonds. The summed E-state index contributed by atoms with van der Waals surface area (Å²) < 4.78 is 32.2. The van der Waals surface area contributed by atoms with Crippen LogP contribution in [0.2, 0.25) is 0 Å². The van der Waals surface area contributed by atoms with Gasteiger partial charge in [0.25, 0.3) is 9.92 Å². The summed E-state index contributed by atoms with van der Waals surface area (Å²) in [5.41, 5.74) is 4.85. The number of quaternary nitrogens is 1. The van der Waals surface area contributed by atoms with Crippen LogP contribution in [0.4, 0.5) is 14.9 Å². The van der Waals surface area contributed by atoms with E-state index in [4.69, 9.17) is 4.98 Å². The van der Waals surface area contributed by atoms with E-state index in [2.05, 4.69) is 26.8 Å². The Morgan fingerprint density at radius 2 is 2.14 bits per heavy atom. The number of pyridine rings is 1. The van der Waals surface area contributed by atoms with Gasteiger partial charge in [0.15, 0.2) is 5.82 Å². The summed E-state index contributed by atoms with van der Waals surface area (Å²) in [6.07, 6.45) is 5.67. The van der Waals surface area contributed by atoms with Crippen LogP contribution in [0.3, 0.4) is 0 Å². The lowest BCUT2D eigenvalue weighted by Gasteiger charge is -2.15. The van der Waals surface area contributed by atoms with Crippen molar-refractivity contribution in [2.24, 2.45) is 4.36 Å². The molecule has 0 aromatic carbocycles. The van der Waals surface area contributed by atoms with Crippen molar-refractivity contribution in [3.05, 3.63) is 34.5 Å². The molecule has 0 spiro atoms. The molecule has 0 bridgehead atoms. The molecular formula is C19H26FN6O2S+. The number of aryl methyl sites for hydroxylation is 1. The largest absolute Gasteiger partial charge is 0.358 e. The molecule has 0 saturated heterocycles. The molecular weight excluding hydrogens is 395 g/mol. The number of fused-ring (bicyclic) bond motifs is 2. The zero-order valence-electron chi connectivity index (χ0n) is 16.9. The maximum Gasteiger partial charge on any atom is 0.358 e. The van der Waals surface area contributed by atoms with Crippen LogP contribution in [0, 0.1) is 5.82 Å². The molecule has 156 valence electrons. The van der Waals surface area contributed by atoms with Crippen molar-refractivity contribution < 1.29 is 18.5 Å². The van der Waals surface area contributed by atoms with Crippen molar-refractivity contribution in [2.75, 3.05) is 5.32 Å². The van der Waals surface area contributed by atoms with E-state index < -0.39 is 26.8 Å². The molecule has 29 heavy (non-hydrogen) atoms. The lowest BCUT2D eigenvalue weighted by atomic mass is 10.0. The van der Waals surface area contributed by atoms with Gasteiger partial charge in [-0.15, -0.1) is 0 Å². The summed E-state index contributed by atoms with van der Waals surface area (Å²) in [4.78, 5) is 17.5. The number of hydrogen-bond acceptors (Lipinski definition) is 4. The molecule has 0 radical (unpaired) electrons. The second kappa shape index (κ2) is 7.17.